The first-order valence-corrected chi connectivity index (χ1v) is 7.36. The van der Waals surface area contributed by atoms with Gasteiger partial charge in [0.1, 0.15) is 11.3 Å². The van der Waals surface area contributed by atoms with Gasteiger partial charge in [0.25, 0.3) is 0 Å². The largest absolute Gasteiger partial charge is 0.467 e. The molecule has 0 bridgehead atoms. The Hall–Kier alpha value is -1.33. The number of carbonyl (C=O) groups excluding carboxylic acids is 1. The lowest BCUT2D eigenvalue weighted by atomic mass is 10.0. The lowest BCUT2D eigenvalue weighted by Crippen LogP contribution is -2.42. The number of esters is 1. The van der Waals surface area contributed by atoms with Gasteiger partial charge in [0, 0.05) is 12.6 Å². The SMILES string of the molecule is CCOC(=O)c1ccoc1CN(C)CC1CCCCN1. The molecule has 20 heavy (non-hydrogen) atoms. The molecule has 1 aromatic rings. The van der Waals surface area contributed by atoms with Crippen LogP contribution in [0, 0.1) is 0 Å². The molecule has 112 valence electrons. The predicted molar refractivity (Wildman–Crippen MR) is 76.6 cm³/mol. The van der Waals surface area contributed by atoms with Crippen molar-refractivity contribution in [3.05, 3.63) is 23.7 Å². The van der Waals surface area contributed by atoms with Crippen LogP contribution in [0.2, 0.25) is 0 Å². The molecule has 0 spiro atoms. The molecule has 1 aliphatic rings. The van der Waals surface area contributed by atoms with Crippen LogP contribution in [0.4, 0.5) is 0 Å². The first-order valence-electron chi connectivity index (χ1n) is 7.36. The molecule has 0 amide bonds. The van der Waals surface area contributed by atoms with Crippen molar-refractivity contribution in [3.63, 3.8) is 0 Å². The molecule has 2 heterocycles. The van der Waals surface area contributed by atoms with Gasteiger partial charge in [-0.05, 0) is 39.4 Å². The zero-order chi connectivity index (χ0) is 14.4. The summed E-state index contributed by atoms with van der Waals surface area (Å²) in [6.45, 7) is 4.87. The van der Waals surface area contributed by atoms with Crippen molar-refractivity contribution >= 4 is 5.97 Å². The fraction of sp³-hybridized carbons (Fsp3) is 0.667. The second-order valence-electron chi connectivity index (χ2n) is 5.32. The molecule has 1 fully saturated rings. The Morgan fingerprint density at radius 2 is 2.40 bits per heavy atom. The minimum absolute atomic E-state index is 0.305. The third kappa shape index (κ3) is 4.08. The summed E-state index contributed by atoms with van der Waals surface area (Å²) in [5.74, 6) is 0.377. The van der Waals surface area contributed by atoms with Gasteiger partial charge in [-0.2, -0.15) is 0 Å². The van der Waals surface area contributed by atoms with E-state index in [0.717, 1.165) is 13.1 Å². The number of hydrogen-bond acceptors (Lipinski definition) is 5. The highest BCUT2D eigenvalue weighted by Gasteiger charge is 2.19. The first kappa shape index (κ1) is 15.1. The van der Waals surface area contributed by atoms with Gasteiger partial charge in [-0.25, -0.2) is 4.79 Å². The second-order valence-corrected chi connectivity index (χ2v) is 5.32. The Morgan fingerprint density at radius 1 is 1.55 bits per heavy atom. The van der Waals surface area contributed by atoms with Gasteiger partial charge in [-0.1, -0.05) is 6.42 Å². The van der Waals surface area contributed by atoms with E-state index in [0.29, 0.717) is 30.5 Å². The quantitative estimate of drug-likeness (QED) is 0.808. The molecule has 2 rings (SSSR count). The predicted octanol–water partition coefficient (Wildman–Crippen LogP) is 2.03. The molecule has 1 atom stereocenters. The van der Waals surface area contributed by atoms with Crippen LogP contribution >= 0.6 is 0 Å². The van der Waals surface area contributed by atoms with Crippen LogP contribution in [-0.4, -0.2) is 43.7 Å². The number of ether oxygens (including phenoxy) is 1. The van der Waals surface area contributed by atoms with Crippen LogP contribution in [0.1, 0.15) is 42.3 Å². The lowest BCUT2D eigenvalue weighted by molar-refractivity contribution is 0.0522. The van der Waals surface area contributed by atoms with E-state index in [4.69, 9.17) is 9.15 Å². The monoisotopic (exact) mass is 280 g/mol. The molecule has 5 heteroatoms. The van der Waals surface area contributed by atoms with E-state index in [1.807, 2.05) is 7.05 Å². The molecule has 0 radical (unpaired) electrons. The van der Waals surface area contributed by atoms with E-state index in [1.54, 1.807) is 19.3 Å². The summed E-state index contributed by atoms with van der Waals surface area (Å²) >= 11 is 0. The van der Waals surface area contributed by atoms with Gasteiger partial charge >= 0.3 is 5.97 Å². The minimum atomic E-state index is -0.305. The fourth-order valence-corrected chi connectivity index (χ4v) is 2.62. The van der Waals surface area contributed by atoms with Crippen molar-refractivity contribution in [3.8, 4) is 0 Å². The number of hydrogen-bond donors (Lipinski definition) is 1. The summed E-state index contributed by atoms with van der Waals surface area (Å²) in [6, 6.07) is 2.22. The number of nitrogens with zero attached hydrogens (tertiary/aromatic N) is 1. The van der Waals surface area contributed by atoms with Crippen LogP contribution in [0.3, 0.4) is 0 Å². The fourth-order valence-electron chi connectivity index (χ4n) is 2.62. The van der Waals surface area contributed by atoms with Crippen molar-refractivity contribution in [2.24, 2.45) is 0 Å². The van der Waals surface area contributed by atoms with Gasteiger partial charge in [0.05, 0.1) is 19.4 Å². The maximum Gasteiger partial charge on any atom is 0.341 e. The summed E-state index contributed by atoms with van der Waals surface area (Å²) in [5.41, 5.74) is 0.537. The van der Waals surface area contributed by atoms with Gasteiger partial charge < -0.3 is 14.5 Å². The summed E-state index contributed by atoms with van der Waals surface area (Å²) in [6.07, 6.45) is 5.33. The zero-order valence-electron chi connectivity index (χ0n) is 12.4. The van der Waals surface area contributed by atoms with E-state index in [9.17, 15) is 4.79 Å². The lowest BCUT2D eigenvalue weighted by Gasteiger charge is -2.27. The Kier molecular flexibility index (Phi) is 5.61. The molecular formula is C15H24N2O3. The highest BCUT2D eigenvalue weighted by molar-refractivity contribution is 5.90. The summed E-state index contributed by atoms with van der Waals surface area (Å²) in [7, 11) is 2.05. The standard InChI is InChI=1S/C15H24N2O3/c1-3-19-15(18)13-7-9-20-14(13)11-17(2)10-12-6-4-5-8-16-12/h7,9,12,16H,3-6,8,10-11H2,1-2H3. The van der Waals surface area contributed by atoms with Crippen LogP contribution in [-0.2, 0) is 11.3 Å². The smallest absolute Gasteiger partial charge is 0.341 e. The molecule has 1 aliphatic heterocycles. The molecule has 5 nitrogen and oxygen atoms in total. The number of nitrogens with one attached hydrogen (secondary N) is 1. The van der Waals surface area contributed by atoms with Crippen molar-refractivity contribution in [1.29, 1.82) is 0 Å². The topological polar surface area (TPSA) is 54.7 Å². The maximum atomic E-state index is 11.8. The highest BCUT2D eigenvalue weighted by atomic mass is 16.5. The molecule has 1 N–H and O–H groups in total. The van der Waals surface area contributed by atoms with Gasteiger partial charge in [0.2, 0.25) is 0 Å². The maximum absolute atomic E-state index is 11.8. The third-order valence-corrected chi connectivity index (χ3v) is 3.60. The molecule has 1 aromatic heterocycles. The van der Waals surface area contributed by atoms with E-state index >= 15 is 0 Å². The van der Waals surface area contributed by atoms with Crippen molar-refractivity contribution in [1.82, 2.24) is 10.2 Å². The van der Waals surface area contributed by atoms with E-state index in [2.05, 4.69) is 10.2 Å². The molecule has 0 aromatic carbocycles. The average molecular weight is 280 g/mol. The van der Waals surface area contributed by atoms with Gasteiger partial charge in [-0.15, -0.1) is 0 Å². The summed E-state index contributed by atoms with van der Waals surface area (Å²) < 4.78 is 10.5. The van der Waals surface area contributed by atoms with E-state index < -0.39 is 0 Å². The van der Waals surface area contributed by atoms with E-state index in [-0.39, 0.29) is 5.97 Å². The average Bonchev–Trinajstić information content (AvgIpc) is 2.88. The highest BCUT2D eigenvalue weighted by Crippen LogP contribution is 2.15. The van der Waals surface area contributed by atoms with Gasteiger partial charge in [-0.3, -0.25) is 4.90 Å². The van der Waals surface area contributed by atoms with Crippen LogP contribution in [0.5, 0.6) is 0 Å². The normalized spacial score (nSPS) is 19.2. The van der Waals surface area contributed by atoms with Crippen molar-refractivity contribution < 1.29 is 13.9 Å². The zero-order valence-corrected chi connectivity index (χ0v) is 12.4. The molecule has 1 saturated heterocycles. The van der Waals surface area contributed by atoms with Crippen LogP contribution in [0.15, 0.2) is 16.7 Å². The van der Waals surface area contributed by atoms with E-state index in [1.165, 1.54) is 19.3 Å². The minimum Gasteiger partial charge on any atom is -0.467 e. The van der Waals surface area contributed by atoms with Crippen LogP contribution < -0.4 is 5.32 Å². The Labute approximate surface area is 120 Å². The Balaban J connectivity index is 1.88. The first-order chi connectivity index (χ1) is 9.70. The van der Waals surface area contributed by atoms with Gasteiger partial charge in [0.15, 0.2) is 0 Å². The number of furan rings is 1. The molecule has 0 saturated carbocycles. The number of carbonyl (C=O) groups is 1. The van der Waals surface area contributed by atoms with Crippen molar-refractivity contribution in [2.45, 2.75) is 38.8 Å². The second kappa shape index (κ2) is 7.45. The third-order valence-electron chi connectivity index (χ3n) is 3.60. The molecule has 1 unspecified atom stereocenters. The summed E-state index contributed by atoms with van der Waals surface area (Å²) in [5, 5.41) is 3.52. The summed E-state index contributed by atoms with van der Waals surface area (Å²) in [4.78, 5) is 14.0. The number of piperidine rings is 1. The number of likely N-dealkylation sites (N-methyl/N-ethyl adjacent to an activating group) is 1. The molecular weight excluding hydrogens is 256 g/mol. The van der Waals surface area contributed by atoms with Crippen LogP contribution in [0.25, 0.3) is 0 Å². The Morgan fingerprint density at radius 3 is 3.10 bits per heavy atom. The van der Waals surface area contributed by atoms with Crippen molar-refractivity contribution in [2.75, 3.05) is 26.7 Å². The molecule has 0 aliphatic carbocycles. The Bertz CT molecular complexity index is 425. The number of rotatable bonds is 6.